The van der Waals surface area contributed by atoms with Crippen LogP contribution in [0.5, 0.6) is 46.5 Å². The van der Waals surface area contributed by atoms with Crippen molar-refractivity contribution in [3.63, 3.8) is 0 Å². The minimum atomic E-state index is -0.737. The van der Waals surface area contributed by atoms with Crippen LogP contribution in [0, 0.1) is 19.3 Å². The quantitative estimate of drug-likeness (QED) is 0.0925. The second-order valence-electron chi connectivity index (χ2n) is 16.2. The zero-order valence-electron chi connectivity index (χ0n) is 39.2. The van der Waals surface area contributed by atoms with Gasteiger partial charge >= 0.3 is 0 Å². The fourth-order valence-electron chi connectivity index (χ4n) is 5.95. The molecular weight excluding hydrogens is 921 g/mol. The van der Waals surface area contributed by atoms with Crippen LogP contribution in [0.2, 0.25) is 0 Å². The summed E-state index contributed by atoms with van der Waals surface area (Å²) in [6.07, 6.45) is 0. The van der Waals surface area contributed by atoms with E-state index in [0.29, 0.717) is 78.7 Å². The highest BCUT2D eigenvalue weighted by atomic mass is 35.5. The zero-order valence-corrected chi connectivity index (χ0v) is 41.5. The molecule has 17 nitrogen and oxygen atoms in total. The summed E-state index contributed by atoms with van der Waals surface area (Å²) < 4.78 is 42.4. The normalized spacial score (nSPS) is 12.2. The molecule has 2 N–H and O–H groups in total. The molecule has 0 aliphatic carbocycles. The maximum Gasteiger partial charge on any atom is 0.278 e. The van der Waals surface area contributed by atoms with Gasteiger partial charge in [-0.3, -0.25) is 24.6 Å². The van der Waals surface area contributed by atoms with Gasteiger partial charge in [0.15, 0.2) is 23.0 Å². The highest BCUT2D eigenvalue weighted by molar-refractivity contribution is 6.68. The van der Waals surface area contributed by atoms with E-state index < -0.39 is 22.6 Å². The van der Waals surface area contributed by atoms with E-state index in [9.17, 15) is 19.2 Å². The third-order valence-electron chi connectivity index (χ3n) is 9.19. The van der Waals surface area contributed by atoms with Crippen LogP contribution >= 0.6 is 34.8 Å². The average molecular weight is 979 g/mol. The molecule has 66 heavy (non-hydrogen) atoms. The number of carbonyl (C=O) groups excluding carboxylic acids is 4. The standard InChI is InChI=1S/C22H27N3O6.C15H21NO3.C8H8ClNO3.CH2Cl2/c1-13-14(7-9-16-18(13)31-12-11-30-16)19(26)24-25(22(2,3)4)21(27)15-8-10-17(28-5)23-20(15)29-6;1-10-11(14(17)16-9-15(2,3)4)5-6-12-13(10)19-8-7-18-12;1-12-6-4-3-5(7(9)11)8(10-6)13-2;2-1-3/h7-10H,11-12H2,1-6H3,(H,24,26);5-6H,7-9H2,1-4H3,(H,16,17);3-4H,1-2H3;1H2. The number of halogens is 3. The molecule has 3 amide bonds. The Hall–Kier alpha value is -5.91. The van der Waals surface area contributed by atoms with Crippen LogP contribution in [0.15, 0.2) is 48.5 Å². The Balaban J connectivity index is 0.000000280. The van der Waals surface area contributed by atoms with E-state index in [-0.39, 0.29) is 39.5 Å². The second kappa shape index (κ2) is 25.1. The number of hydrogen-bond acceptors (Lipinski definition) is 14. The SMILES string of the molecule is COc1ccc(C(=O)Cl)c(OC)n1.COc1ccc(C(=O)N(NC(=O)c2ccc3c(c2C)OCCO3)C(C)(C)C)c(OC)n1.Cc1c(C(=O)NCC(C)(C)C)ccc2c1OCCO2.ClCCl. The lowest BCUT2D eigenvalue weighted by atomic mass is 9.96. The van der Waals surface area contributed by atoms with Crippen molar-refractivity contribution in [2.24, 2.45) is 5.41 Å². The molecule has 4 heterocycles. The highest BCUT2D eigenvalue weighted by Gasteiger charge is 2.33. The molecule has 0 spiro atoms. The minimum absolute atomic E-state index is 0.0654. The largest absolute Gasteiger partial charge is 0.486 e. The smallest absolute Gasteiger partial charge is 0.278 e. The number of alkyl halides is 2. The Bertz CT molecular complexity index is 2320. The maximum absolute atomic E-state index is 13.4. The monoisotopic (exact) mass is 977 g/mol. The van der Waals surface area contributed by atoms with Gasteiger partial charge in [0.25, 0.3) is 23.0 Å². The molecule has 2 aromatic carbocycles. The molecule has 0 unspecified atom stereocenters. The Kier molecular flexibility index (Phi) is 20.7. The third kappa shape index (κ3) is 15.1. The van der Waals surface area contributed by atoms with Gasteiger partial charge in [-0.2, -0.15) is 9.97 Å². The van der Waals surface area contributed by atoms with Crippen molar-refractivity contribution in [1.82, 2.24) is 25.7 Å². The highest BCUT2D eigenvalue weighted by Crippen LogP contribution is 2.37. The van der Waals surface area contributed by atoms with Crippen molar-refractivity contribution in [2.75, 3.05) is 66.8 Å². The summed E-state index contributed by atoms with van der Waals surface area (Å²) in [4.78, 5) is 57.6. The van der Waals surface area contributed by atoms with Crippen molar-refractivity contribution in [1.29, 1.82) is 0 Å². The topological polar surface area (TPSA) is 195 Å². The first kappa shape index (κ1) is 54.4. The van der Waals surface area contributed by atoms with Crippen LogP contribution in [0.1, 0.15) is 94.1 Å². The number of fused-ring (bicyclic) bond motifs is 2. The number of hydrogen-bond donors (Lipinski definition) is 2. The molecular formula is C46H58Cl3N5O12. The van der Waals surface area contributed by atoms with Gasteiger partial charge in [-0.15, -0.1) is 23.2 Å². The summed E-state index contributed by atoms with van der Waals surface area (Å²) in [6, 6.07) is 13.1. The molecule has 0 saturated heterocycles. The van der Waals surface area contributed by atoms with E-state index in [2.05, 4.69) is 41.5 Å². The summed E-state index contributed by atoms with van der Waals surface area (Å²) in [6.45, 7) is 18.0. The van der Waals surface area contributed by atoms with E-state index in [1.807, 2.05) is 27.7 Å². The number of hydrazine groups is 1. The van der Waals surface area contributed by atoms with Gasteiger partial charge in [-0.05, 0) is 88.0 Å². The van der Waals surface area contributed by atoms with Gasteiger partial charge in [-0.25, -0.2) is 5.01 Å². The van der Waals surface area contributed by atoms with Crippen LogP contribution in [0.25, 0.3) is 0 Å². The van der Waals surface area contributed by atoms with Gasteiger partial charge in [0, 0.05) is 40.9 Å². The molecule has 0 fully saturated rings. The number of nitrogens with one attached hydrogen (secondary N) is 2. The summed E-state index contributed by atoms with van der Waals surface area (Å²) in [5.74, 6) is 2.51. The summed E-state index contributed by atoms with van der Waals surface area (Å²) in [5, 5.41) is 3.80. The van der Waals surface area contributed by atoms with E-state index >= 15 is 0 Å². The summed E-state index contributed by atoms with van der Waals surface area (Å²) >= 11 is 14.8. The first-order chi connectivity index (χ1) is 31.1. The van der Waals surface area contributed by atoms with Gasteiger partial charge in [0.1, 0.15) is 32.0 Å². The van der Waals surface area contributed by atoms with Crippen molar-refractivity contribution in [3.05, 3.63) is 81.9 Å². The number of nitrogens with zero attached hydrogens (tertiary/aromatic N) is 3. The zero-order chi connectivity index (χ0) is 49.4. The molecule has 0 radical (unpaired) electrons. The fourth-order valence-corrected chi connectivity index (χ4v) is 6.09. The van der Waals surface area contributed by atoms with Gasteiger partial charge in [0.2, 0.25) is 23.5 Å². The van der Waals surface area contributed by atoms with Gasteiger partial charge in [0.05, 0.1) is 44.9 Å². The Labute approximate surface area is 400 Å². The lowest BCUT2D eigenvalue weighted by Gasteiger charge is -2.35. The minimum Gasteiger partial charge on any atom is -0.486 e. The molecule has 20 heteroatoms. The number of carbonyl (C=O) groups is 4. The molecule has 0 saturated carbocycles. The second-order valence-corrected chi connectivity index (χ2v) is 17.4. The average Bonchev–Trinajstić information content (AvgIpc) is 3.29. The summed E-state index contributed by atoms with van der Waals surface area (Å²) in [7, 11) is 5.77. The molecule has 2 aliphatic rings. The van der Waals surface area contributed by atoms with Crippen LogP contribution < -0.4 is 48.6 Å². The van der Waals surface area contributed by atoms with E-state index in [4.69, 9.17) is 72.7 Å². The Morgan fingerprint density at radius 2 is 1.03 bits per heavy atom. The van der Waals surface area contributed by atoms with Gasteiger partial charge < -0.3 is 43.2 Å². The number of aromatic nitrogens is 2. The fraction of sp³-hybridized carbons (Fsp3) is 0.435. The number of amides is 3. The lowest BCUT2D eigenvalue weighted by molar-refractivity contribution is 0.0354. The first-order valence-corrected chi connectivity index (χ1v) is 21.8. The first-order valence-electron chi connectivity index (χ1n) is 20.4. The molecule has 2 aromatic heterocycles. The van der Waals surface area contributed by atoms with Crippen LogP contribution in [0.4, 0.5) is 0 Å². The Morgan fingerprint density at radius 3 is 1.44 bits per heavy atom. The Morgan fingerprint density at radius 1 is 0.621 bits per heavy atom. The van der Waals surface area contributed by atoms with Crippen molar-refractivity contribution >= 4 is 57.8 Å². The van der Waals surface area contributed by atoms with Crippen molar-refractivity contribution in [2.45, 2.75) is 60.9 Å². The molecule has 0 bridgehead atoms. The summed E-state index contributed by atoms with van der Waals surface area (Å²) in [5.41, 5.74) is 4.98. The molecule has 0 atom stereocenters. The third-order valence-corrected chi connectivity index (χ3v) is 9.39. The predicted octanol–water partition coefficient (Wildman–Crippen LogP) is 8.21. The van der Waals surface area contributed by atoms with Crippen molar-refractivity contribution < 1.29 is 57.1 Å². The predicted molar refractivity (Wildman–Crippen MR) is 251 cm³/mol. The molecule has 2 aliphatic heterocycles. The van der Waals surface area contributed by atoms with Gasteiger partial charge in [-0.1, -0.05) is 20.8 Å². The number of pyridine rings is 2. The van der Waals surface area contributed by atoms with E-state index in [1.54, 1.807) is 43.3 Å². The number of methoxy groups -OCH3 is 4. The van der Waals surface area contributed by atoms with Crippen LogP contribution in [0.3, 0.4) is 0 Å². The van der Waals surface area contributed by atoms with Crippen LogP contribution in [-0.2, 0) is 0 Å². The lowest BCUT2D eigenvalue weighted by Crippen LogP contribution is -2.56. The van der Waals surface area contributed by atoms with Crippen LogP contribution in [-0.4, -0.2) is 110 Å². The molecule has 6 rings (SSSR count). The number of rotatable bonds is 9. The van der Waals surface area contributed by atoms with E-state index in [1.165, 1.54) is 45.6 Å². The van der Waals surface area contributed by atoms with E-state index in [0.717, 1.165) is 11.3 Å². The maximum atomic E-state index is 13.4. The molecule has 4 aromatic rings. The number of benzene rings is 2. The number of ether oxygens (including phenoxy) is 8. The molecule has 360 valence electrons. The van der Waals surface area contributed by atoms with Crippen molar-refractivity contribution in [3.8, 4) is 46.5 Å².